The minimum atomic E-state index is -0.681. The number of benzene rings is 1. The van der Waals surface area contributed by atoms with E-state index in [1.165, 1.54) is 4.90 Å². The average molecular weight is 348 g/mol. The third kappa shape index (κ3) is 3.55. The molecule has 0 unspecified atom stereocenters. The van der Waals surface area contributed by atoms with Crippen molar-refractivity contribution in [2.24, 2.45) is 0 Å². The van der Waals surface area contributed by atoms with Gasteiger partial charge in [-0.05, 0) is 26.8 Å². The Balaban J connectivity index is 2.62. The lowest BCUT2D eigenvalue weighted by Gasteiger charge is -2.34. The van der Waals surface area contributed by atoms with Crippen LogP contribution in [-0.2, 0) is 9.53 Å². The molecule has 1 aromatic carbocycles. The standard InChI is InChI=1S/C18H24N2O5/c1-6-24-16-12(9-8-10-13(16)23-5)15-14(17(21)25-7-2)11(3)20(4)18(22)19-15/h8-10,15H,6-7H2,1-5H3,(H,19,22)/t15-/m0/s1. The van der Waals surface area contributed by atoms with Crippen LogP contribution in [0.3, 0.4) is 0 Å². The van der Waals surface area contributed by atoms with Crippen molar-refractivity contribution in [2.75, 3.05) is 27.4 Å². The van der Waals surface area contributed by atoms with Crippen LogP contribution < -0.4 is 14.8 Å². The van der Waals surface area contributed by atoms with E-state index in [0.29, 0.717) is 34.9 Å². The van der Waals surface area contributed by atoms with Crippen LogP contribution in [0.1, 0.15) is 32.4 Å². The van der Waals surface area contributed by atoms with Crippen LogP contribution >= 0.6 is 0 Å². The van der Waals surface area contributed by atoms with Crippen LogP contribution in [0.25, 0.3) is 0 Å². The molecule has 0 aromatic heterocycles. The maximum atomic E-state index is 12.5. The summed E-state index contributed by atoms with van der Waals surface area (Å²) in [5.74, 6) is 0.562. The molecule has 136 valence electrons. The van der Waals surface area contributed by atoms with Gasteiger partial charge in [-0.3, -0.25) is 0 Å². The molecule has 0 aliphatic carbocycles. The van der Waals surface area contributed by atoms with E-state index in [0.717, 1.165) is 0 Å². The summed E-state index contributed by atoms with van der Waals surface area (Å²) in [6.45, 7) is 5.99. The van der Waals surface area contributed by atoms with Gasteiger partial charge in [0.1, 0.15) is 0 Å². The number of esters is 1. The van der Waals surface area contributed by atoms with Gasteiger partial charge in [-0.2, -0.15) is 0 Å². The normalized spacial score (nSPS) is 17.2. The van der Waals surface area contributed by atoms with Crippen molar-refractivity contribution in [1.29, 1.82) is 0 Å². The Bertz CT molecular complexity index is 699. The van der Waals surface area contributed by atoms with Crippen molar-refractivity contribution in [3.8, 4) is 11.5 Å². The second-order valence-electron chi connectivity index (χ2n) is 5.47. The number of carbonyl (C=O) groups is 2. The molecule has 1 aliphatic rings. The Morgan fingerprint density at radius 3 is 2.60 bits per heavy atom. The molecular formula is C18H24N2O5. The summed E-state index contributed by atoms with van der Waals surface area (Å²) in [6.07, 6.45) is 0. The molecule has 0 spiro atoms. The summed E-state index contributed by atoms with van der Waals surface area (Å²) in [5.41, 5.74) is 1.56. The Labute approximate surface area is 147 Å². The predicted molar refractivity (Wildman–Crippen MR) is 92.5 cm³/mol. The molecule has 2 amide bonds. The van der Waals surface area contributed by atoms with E-state index in [1.807, 2.05) is 6.92 Å². The number of hydrogen-bond acceptors (Lipinski definition) is 5. The van der Waals surface area contributed by atoms with Gasteiger partial charge in [0.15, 0.2) is 11.5 Å². The Morgan fingerprint density at radius 2 is 2.00 bits per heavy atom. The fraction of sp³-hybridized carbons (Fsp3) is 0.444. The molecule has 0 saturated carbocycles. The number of methoxy groups -OCH3 is 1. The van der Waals surface area contributed by atoms with Crippen molar-refractivity contribution in [2.45, 2.75) is 26.8 Å². The molecule has 1 atom stereocenters. The van der Waals surface area contributed by atoms with Crippen LogP contribution in [0, 0.1) is 0 Å². The first kappa shape index (κ1) is 18.6. The maximum Gasteiger partial charge on any atom is 0.338 e. The van der Waals surface area contributed by atoms with Crippen molar-refractivity contribution in [3.05, 3.63) is 35.0 Å². The van der Waals surface area contributed by atoms with Crippen molar-refractivity contribution in [1.82, 2.24) is 10.2 Å². The molecule has 0 radical (unpaired) electrons. The zero-order chi connectivity index (χ0) is 18.6. The molecule has 1 aliphatic heterocycles. The highest BCUT2D eigenvalue weighted by atomic mass is 16.5. The van der Waals surface area contributed by atoms with Gasteiger partial charge >= 0.3 is 12.0 Å². The van der Waals surface area contributed by atoms with Gasteiger partial charge in [0.2, 0.25) is 0 Å². The number of rotatable bonds is 6. The SMILES string of the molecule is CCOC(=O)C1=C(C)N(C)C(=O)N[C@H]1c1cccc(OC)c1OCC. The summed E-state index contributed by atoms with van der Waals surface area (Å²) in [6, 6.07) is 4.38. The van der Waals surface area contributed by atoms with E-state index in [-0.39, 0.29) is 12.6 Å². The molecule has 1 heterocycles. The van der Waals surface area contributed by atoms with Crippen molar-refractivity contribution < 1.29 is 23.8 Å². The van der Waals surface area contributed by atoms with Gasteiger partial charge in [-0.25, -0.2) is 9.59 Å². The van der Waals surface area contributed by atoms with Gasteiger partial charge in [0.05, 0.1) is 31.9 Å². The smallest absolute Gasteiger partial charge is 0.338 e. The topological polar surface area (TPSA) is 77.1 Å². The summed E-state index contributed by atoms with van der Waals surface area (Å²) in [7, 11) is 3.15. The fourth-order valence-corrected chi connectivity index (χ4v) is 2.76. The van der Waals surface area contributed by atoms with E-state index in [2.05, 4.69) is 5.32 Å². The number of urea groups is 1. The lowest BCUT2D eigenvalue weighted by Crippen LogP contribution is -2.46. The number of amides is 2. The molecule has 1 N–H and O–H groups in total. The van der Waals surface area contributed by atoms with E-state index < -0.39 is 12.0 Å². The van der Waals surface area contributed by atoms with Crippen molar-refractivity contribution in [3.63, 3.8) is 0 Å². The molecule has 7 heteroatoms. The summed E-state index contributed by atoms with van der Waals surface area (Å²) < 4.78 is 16.3. The van der Waals surface area contributed by atoms with Crippen molar-refractivity contribution >= 4 is 12.0 Å². The number of allylic oxidation sites excluding steroid dienone is 1. The number of carbonyl (C=O) groups excluding carboxylic acids is 2. The number of para-hydroxylation sites is 1. The highest BCUT2D eigenvalue weighted by Gasteiger charge is 2.37. The van der Waals surface area contributed by atoms with Crippen LogP contribution in [0.4, 0.5) is 4.79 Å². The van der Waals surface area contributed by atoms with Gasteiger partial charge in [-0.15, -0.1) is 0 Å². The third-order valence-corrected chi connectivity index (χ3v) is 4.08. The van der Waals surface area contributed by atoms with Crippen LogP contribution in [0.5, 0.6) is 11.5 Å². The number of nitrogens with zero attached hydrogens (tertiary/aromatic N) is 1. The predicted octanol–water partition coefficient (Wildman–Crippen LogP) is 2.63. The molecule has 0 saturated heterocycles. The van der Waals surface area contributed by atoms with E-state index in [4.69, 9.17) is 14.2 Å². The lowest BCUT2D eigenvalue weighted by molar-refractivity contribution is -0.139. The summed E-state index contributed by atoms with van der Waals surface area (Å²) in [5, 5.41) is 2.85. The molecule has 25 heavy (non-hydrogen) atoms. The first-order chi connectivity index (χ1) is 12.0. The van der Waals surface area contributed by atoms with Gasteiger partial charge in [0, 0.05) is 18.3 Å². The minimum absolute atomic E-state index is 0.246. The molecule has 7 nitrogen and oxygen atoms in total. The first-order valence-corrected chi connectivity index (χ1v) is 8.17. The van der Waals surface area contributed by atoms with Crippen LogP contribution in [0.15, 0.2) is 29.5 Å². The first-order valence-electron chi connectivity index (χ1n) is 8.17. The highest BCUT2D eigenvalue weighted by molar-refractivity contribution is 5.95. The van der Waals surface area contributed by atoms with E-state index in [9.17, 15) is 9.59 Å². The zero-order valence-corrected chi connectivity index (χ0v) is 15.2. The van der Waals surface area contributed by atoms with E-state index >= 15 is 0 Å². The third-order valence-electron chi connectivity index (χ3n) is 4.08. The molecular weight excluding hydrogens is 324 g/mol. The Hall–Kier alpha value is -2.70. The second-order valence-corrected chi connectivity index (χ2v) is 5.47. The molecule has 0 bridgehead atoms. The molecule has 0 fully saturated rings. The average Bonchev–Trinajstić information content (AvgIpc) is 2.60. The minimum Gasteiger partial charge on any atom is -0.493 e. The lowest BCUT2D eigenvalue weighted by atomic mass is 9.94. The number of ether oxygens (including phenoxy) is 3. The van der Waals surface area contributed by atoms with Crippen LogP contribution in [-0.4, -0.2) is 44.3 Å². The monoisotopic (exact) mass is 348 g/mol. The number of nitrogens with one attached hydrogen (secondary N) is 1. The van der Waals surface area contributed by atoms with Gasteiger partial charge in [0.25, 0.3) is 0 Å². The second kappa shape index (κ2) is 7.92. The van der Waals surface area contributed by atoms with Gasteiger partial charge < -0.3 is 24.4 Å². The quantitative estimate of drug-likeness (QED) is 0.800. The Kier molecular flexibility index (Phi) is 5.90. The summed E-state index contributed by atoms with van der Waals surface area (Å²) >= 11 is 0. The molecule has 2 rings (SSSR count). The maximum absolute atomic E-state index is 12.5. The zero-order valence-electron chi connectivity index (χ0n) is 15.2. The Morgan fingerprint density at radius 1 is 1.28 bits per heavy atom. The van der Waals surface area contributed by atoms with Crippen LogP contribution in [0.2, 0.25) is 0 Å². The summed E-state index contributed by atoms with van der Waals surface area (Å²) in [4.78, 5) is 26.2. The van der Waals surface area contributed by atoms with E-state index in [1.54, 1.807) is 46.2 Å². The molecule has 1 aromatic rings. The van der Waals surface area contributed by atoms with Gasteiger partial charge in [-0.1, -0.05) is 12.1 Å². The largest absolute Gasteiger partial charge is 0.493 e. The fourth-order valence-electron chi connectivity index (χ4n) is 2.76. The highest BCUT2D eigenvalue weighted by Crippen LogP contribution is 2.40. The number of hydrogen-bond donors (Lipinski definition) is 1.